The van der Waals surface area contributed by atoms with Crippen LogP contribution in [0.2, 0.25) is 0 Å². The van der Waals surface area contributed by atoms with Crippen LogP contribution in [-0.4, -0.2) is 19.3 Å². The van der Waals surface area contributed by atoms with E-state index in [0.29, 0.717) is 12.1 Å². The highest BCUT2D eigenvalue weighted by atomic mass is 16.1. The van der Waals surface area contributed by atoms with Crippen LogP contribution in [0.25, 0.3) is 0 Å². The number of aromatic nitrogens is 4. The minimum Gasteiger partial charge on any atom is -0.326 e. The van der Waals surface area contributed by atoms with Crippen LogP contribution in [0.15, 0.2) is 23.1 Å². The van der Waals surface area contributed by atoms with E-state index in [4.69, 9.17) is 5.73 Å². The quantitative estimate of drug-likeness (QED) is 0.859. The van der Waals surface area contributed by atoms with Crippen molar-refractivity contribution < 1.29 is 0 Å². The lowest BCUT2D eigenvalue weighted by Gasteiger charge is -2.15. The molecule has 0 spiro atoms. The van der Waals surface area contributed by atoms with Gasteiger partial charge in [0.25, 0.3) is 5.56 Å². The third-order valence-electron chi connectivity index (χ3n) is 3.57. The standard InChI is InChI=1S/C13H17N5O/c14-8-10-4-3-6-17(13(10)19)9-12-16-15-11-5-1-2-7-18(11)12/h3-4,6H,1-2,5,7-9,14H2. The highest BCUT2D eigenvalue weighted by molar-refractivity contribution is 5.11. The Morgan fingerprint density at radius 2 is 2.21 bits per heavy atom. The van der Waals surface area contributed by atoms with Gasteiger partial charge in [-0.3, -0.25) is 4.79 Å². The third-order valence-corrected chi connectivity index (χ3v) is 3.57. The number of fused-ring (bicyclic) bond motifs is 1. The van der Waals surface area contributed by atoms with Crippen molar-refractivity contribution in [1.82, 2.24) is 19.3 Å². The second-order valence-corrected chi connectivity index (χ2v) is 4.81. The highest BCUT2D eigenvalue weighted by Gasteiger charge is 2.16. The summed E-state index contributed by atoms with van der Waals surface area (Å²) in [5.41, 5.74) is 6.14. The van der Waals surface area contributed by atoms with E-state index in [1.807, 2.05) is 6.07 Å². The van der Waals surface area contributed by atoms with E-state index in [-0.39, 0.29) is 12.1 Å². The Labute approximate surface area is 110 Å². The molecule has 0 fully saturated rings. The van der Waals surface area contributed by atoms with Gasteiger partial charge in [0.1, 0.15) is 5.82 Å². The summed E-state index contributed by atoms with van der Waals surface area (Å²) < 4.78 is 3.78. The van der Waals surface area contributed by atoms with Crippen LogP contribution in [-0.2, 0) is 26.1 Å². The van der Waals surface area contributed by atoms with Gasteiger partial charge in [-0.1, -0.05) is 6.07 Å². The fourth-order valence-corrected chi connectivity index (χ4v) is 2.50. The van der Waals surface area contributed by atoms with Crippen molar-refractivity contribution in [2.75, 3.05) is 0 Å². The van der Waals surface area contributed by atoms with E-state index in [0.717, 1.165) is 31.0 Å². The van der Waals surface area contributed by atoms with Gasteiger partial charge in [-0.2, -0.15) is 0 Å². The molecular formula is C13H17N5O. The molecule has 6 heteroatoms. The van der Waals surface area contributed by atoms with Crippen molar-refractivity contribution in [1.29, 1.82) is 0 Å². The second-order valence-electron chi connectivity index (χ2n) is 4.81. The van der Waals surface area contributed by atoms with Crippen LogP contribution in [0.4, 0.5) is 0 Å². The molecule has 2 aromatic rings. The molecule has 0 radical (unpaired) electrons. The summed E-state index contributed by atoms with van der Waals surface area (Å²) in [4.78, 5) is 12.1. The molecule has 0 aromatic carbocycles. The molecule has 0 bridgehead atoms. The Kier molecular flexibility index (Phi) is 3.16. The molecule has 2 N–H and O–H groups in total. The summed E-state index contributed by atoms with van der Waals surface area (Å²) in [7, 11) is 0. The zero-order valence-electron chi connectivity index (χ0n) is 10.7. The first-order chi connectivity index (χ1) is 9.29. The minimum atomic E-state index is -0.0434. The molecule has 2 aromatic heterocycles. The summed E-state index contributed by atoms with van der Waals surface area (Å²) >= 11 is 0. The topological polar surface area (TPSA) is 78.7 Å². The van der Waals surface area contributed by atoms with E-state index in [2.05, 4.69) is 14.8 Å². The molecule has 3 rings (SSSR count). The minimum absolute atomic E-state index is 0.0434. The summed E-state index contributed by atoms with van der Waals surface area (Å²) in [6.07, 6.45) is 5.06. The normalized spacial score (nSPS) is 14.4. The molecule has 0 saturated heterocycles. The average Bonchev–Trinajstić information content (AvgIpc) is 2.85. The van der Waals surface area contributed by atoms with Crippen LogP contribution in [0, 0.1) is 0 Å². The van der Waals surface area contributed by atoms with E-state index < -0.39 is 0 Å². The van der Waals surface area contributed by atoms with Crippen molar-refractivity contribution in [3.05, 3.63) is 45.9 Å². The van der Waals surface area contributed by atoms with Crippen LogP contribution >= 0.6 is 0 Å². The van der Waals surface area contributed by atoms with Crippen LogP contribution in [0.5, 0.6) is 0 Å². The molecule has 0 unspecified atom stereocenters. The molecule has 0 saturated carbocycles. The first kappa shape index (κ1) is 12.1. The first-order valence-electron chi connectivity index (χ1n) is 6.59. The fraction of sp³-hybridized carbons (Fsp3) is 0.462. The Hall–Kier alpha value is -1.95. The SMILES string of the molecule is NCc1cccn(Cc2nnc3n2CCCC3)c1=O. The van der Waals surface area contributed by atoms with Gasteiger partial charge in [-0.05, 0) is 18.9 Å². The Balaban J connectivity index is 1.94. The smallest absolute Gasteiger partial charge is 0.255 e. The molecule has 1 aliphatic heterocycles. The van der Waals surface area contributed by atoms with Crippen molar-refractivity contribution in [2.24, 2.45) is 5.73 Å². The molecule has 6 nitrogen and oxygen atoms in total. The molecular weight excluding hydrogens is 242 g/mol. The van der Waals surface area contributed by atoms with E-state index in [1.54, 1.807) is 16.8 Å². The first-order valence-corrected chi connectivity index (χ1v) is 6.59. The molecule has 1 aliphatic rings. The number of rotatable bonds is 3. The predicted molar refractivity (Wildman–Crippen MR) is 70.7 cm³/mol. The fourth-order valence-electron chi connectivity index (χ4n) is 2.50. The number of aryl methyl sites for hydroxylation is 1. The van der Waals surface area contributed by atoms with Crippen LogP contribution < -0.4 is 11.3 Å². The van der Waals surface area contributed by atoms with Crippen molar-refractivity contribution in [3.63, 3.8) is 0 Å². The van der Waals surface area contributed by atoms with Gasteiger partial charge in [-0.25, -0.2) is 0 Å². The maximum Gasteiger partial charge on any atom is 0.255 e. The largest absolute Gasteiger partial charge is 0.326 e. The zero-order valence-corrected chi connectivity index (χ0v) is 10.7. The number of hydrogen-bond acceptors (Lipinski definition) is 4. The average molecular weight is 259 g/mol. The molecule has 3 heterocycles. The molecule has 0 aliphatic carbocycles. The van der Waals surface area contributed by atoms with Gasteiger partial charge < -0.3 is 14.9 Å². The maximum atomic E-state index is 12.1. The van der Waals surface area contributed by atoms with Crippen LogP contribution in [0.1, 0.15) is 30.1 Å². The number of hydrogen-bond donors (Lipinski definition) is 1. The van der Waals surface area contributed by atoms with Crippen molar-refractivity contribution >= 4 is 0 Å². The van der Waals surface area contributed by atoms with Gasteiger partial charge in [0.15, 0.2) is 5.82 Å². The van der Waals surface area contributed by atoms with Crippen LogP contribution in [0.3, 0.4) is 0 Å². The summed E-state index contributed by atoms with van der Waals surface area (Å²) in [6.45, 7) is 1.67. The van der Waals surface area contributed by atoms with Gasteiger partial charge in [0, 0.05) is 31.3 Å². The lowest BCUT2D eigenvalue weighted by atomic mass is 10.2. The number of pyridine rings is 1. The lowest BCUT2D eigenvalue weighted by Crippen LogP contribution is -2.26. The zero-order chi connectivity index (χ0) is 13.2. The summed E-state index contributed by atoms with van der Waals surface area (Å²) in [5.74, 6) is 1.88. The van der Waals surface area contributed by atoms with E-state index >= 15 is 0 Å². The molecule has 100 valence electrons. The lowest BCUT2D eigenvalue weighted by molar-refractivity contribution is 0.500. The Morgan fingerprint density at radius 1 is 1.32 bits per heavy atom. The van der Waals surface area contributed by atoms with Gasteiger partial charge in [0.05, 0.1) is 6.54 Å². The Bertz CT molecular complexity index is 643. The van der Waals surface area contributed by atoms with Gasteiger partial charge in [0.2, 0.25) is 0 Å². The van der Waals surface area contributed by atoms with Gasteiger partial charge >= 0.3 is 0 Å². The monoisotopic (exact) mass is 259 g/mol. The van der Waals surface area contributed by atoms with E-state index in [1.165, 1.54) is 6.42 Å². The molecule has 0 atom stereocenters. The Morgan fingerprint density at radius 3 is 3.05 bits per heavy atom. The summed E-state index contributed by atoms with van der Waals surface area (Å²) in [6, 6.07) is 3.61. The second kappa shape index (κ2) is 4.97. The van der Waals surface area contributed by atoms with E-state index in [9.17, 15) is 4.79 Å². The third kappa shape index (κ3) is 2.19. The van der Waals surface area contributed by atoms with Gasteiger partial charge in [-0.15, -0.1) is 10.2 Å². The molecule has 19 heavy (non-hydrogen) atoms. The number of nitrogens with zero attached hydrogens (tertiary/aromatic N) is 4. The van der Waals surface area contributed by atoms with Crippen molar-refractivity contribution in [3.8, 4) is 0 Å². The summed E-state index contributed by atoms with van der Waals surface area (Å²) in [5, 5.41) is 8.41. The van der Waals surface area contributed by atoms with Crippen molar-refractivity contribution in [2.45, 2.75) is 38.9 Å². The highest BCUT2D eigenvalue weighted by Crippen LogP contribution is 2.14. The number of nitrogens with two attached hydrogens (primary N) is 1. The predicted octanol–water partition coefficient (Wildman–Crippen LogP) is 0.283. The molecule has 0 amide bonds. The maximum absolute atomic E-state index is 12.1.